The number of hydrogen-bond donors (Lipinski definition) is 6. The maximum absolute atomic E-state index is 5.57. The van der Waals surface area contributed by atoms with E-state index in [-0.39, 0.29) is 0 Å². The Morgan fingerprint density at radius 2 is 1.05 bits per heavy atom. The van der Waals surface area contributed by atoms with Crippen LogP contribution in [0.15, 0.2) is 0 Å². The first-order valence-corrected chi connectivity index (χ1v) is 11.6. The van der Waals surface area contributed by atoms with Crippen LogP contribution in [-0.4, -0.2) is 53.8 Å². The van der Waals surface area contributed by atoms with Crippen molar-refractivity contribution in [1.29, 1.82) is 0 Å². The van der Waals surface area contributed by atoms with Crippen LogP contribution in [0.4, 0.5) is 0 Å². The normalized spacial score (nSPS) is 12.3. The van der Waals surface area contributed by atoms with Gasteiger partial charge in [-0.3, -0.25) is 0 Å². The van der Waals surface area contributed by atoms with Gasteiger partial charge in [-0.25, -0.2) is 0 Å². The van der Waals surface area contributed by atoms with E-state index in [0.717, 1.165) is 38.4 Å². The van der Waals surface area contributed by atoms with Gasteiger partial charge in [-0.05, 0) is 0 Å². The van der Waals surface area contributed by atoms with Crippen molar-refractivity contribution >= 4 is 0 Å². The fourth-order valence-electron chi connectivity index (χ4n) is 2.12. The van der Waals surface area contributed by atoms with E-state index in [1.807, 2.05) is 0 Å². The first-order valence-electron chi connectivity index (χ1n) is 7.35. The van der Waals surface area contributed by atoms with Crippen LogP contribution in [0, 0.1) is 0 Å². The molecule has 0 saturated heterocycles. The zero-order valence-electron chi connectivity index (χ0n) is 12.7. The van der Waals surface area contributed by atoms with Crippen molar-refractivity contribution < 1.29 is 16.6 Å². The molecule has 0 rings (SSSR count). The maximum atomic E-state index is 5.57. The number of nitrogens with two attached hydrogens (primary N) is 3. The second-order valence-corrected chi connectivity index (χ2v) is 13.1. The third-order valence-electron chi connectivity index (χ3n) is 3.62. The van der Waals surface area contributed by atoms with E-state index in [2.05, 4.69) is 29.8 Å². The van der Waals surface area contributed by atoms with Crippen molar-refractivity contribution in [2.75, 3.05) is 53.8 Å². The second kappa shape index (κ2) is 12.2. The third-order valence-corrected chi connectivity index (χ3v) is 11.9. The Morgan fingerprint density at radius 1 is 0.737 bits per heavy atom. The molecular formula is C12H34N6Ti. The van der Waals surface area contributed by atoms with E-state index in [0.29, 0.717) is 19.6 Å². The van der Waals surface area contributed by atoms with Gasteiger partial charge in [0.2, 0.25) is 0 Å². The Bertz CT molecular complexity index is 176. The quantitative estimate of drug-likeness (QED) is 0.182. The van der Waals surface area contributed by atoms with E-state index in [1.54, 1.807) is 0 Å². The second-order valence-electron chi connectivity index (χ2n) is 5.41. The van der Waals surface area contributed by atoms with Gasteiger partial charge >= 0.3 is 122 Å². The van der Waals surface area contributed by atoms with Crippen LogP contribution in [-0.2, 0) is 16.6 Å². The molecule has 0 heterocycles. The van der Waals surface area contributed by atoms with Crippen LogP contribution in [0.3, 0.4) is 0 Å². The van der Waals surface area contributed by atoms with Crippen LogP contribution < -0.4 is 33.2 Å². The predicted molar refractivity (Wildman–Crippen MR) is 80.9 cm³/mol. The van der Waals surface area contributed by atoms with Gasteiger partial charge in [-0.1, -0.05) is 0 Å². The zero-order valence-corrected chi connectivity index (χ0v) is 14.2. The standard InChI is InChI=1S/3C3H9N2.C3H7.Ti/c3*1-5-3-2-4;1-3-2;/h3*5H,1-4H2;3H,1-2H3;. The van der Waals surface area contributed by atoms with E-state index >= 15 is 0 Å². The Hall–Kier alpha value is 0.474. The number of rotatable bonds is 13. The monoisotopic (exact) mass is 310 g/mol. The van der Waals surface area contributed by atoms with E-state index in [9.17, 15) is 0 Å². The number of nitrogens with one attached hydrogen (secondary N) is 3. The van der Waals surface area contributed by atoms with Crippen molar-refractivity contribution in [3.05, 3.63) is 0 Å². The summed E-state index contributed by atoms with van der Waals surface area (Å²) in [6.07, 6.45) is 0. The number of hydrogen-bond acceptors (Lipinski definition) is 6. The summed E-state index contributed by atoms with van der Waals surface area (Å²) in [5.41, 5.74) is 16.7. The Balaban J connectivity index is 4.48. The van der Waals surface area contributed by atoms with E-state index in [4.69, 9.17) is 17.2 Å². The molecular weight excluding hydrogens is 276 g/mol. The molecule has 0 aromatic carbocycles. The van der Waals surface area contributed by atoms with Crippen molar-refractivity contribution in [3.63, 3.8) is 0 Å². The summed E-state index contributed by atoms with van der Waals surface area (Å²) in [7, 11) is 0. The summed E-state index contributed by atoms with van der Waals surface area (Å²) in [6, 6.07) is 0. The van der Waals surface area contributed by atoms with Gasteiger partial charge in [0.05, 0.1) is 0 Å². The Morgan fingerprint density at radius 3 is 1.26 bits per heavy atom. The van der Waals surface area contributed by atoms with Crippen LogP contribution >= 0.6 is 0 Å². The van der Waals surface area contributed by atoms with Crippen molar-refractivity contribution in [3.8, 4) is 0 Å². The molecule has 0 aliphatic rings. The Kier molecular flexibility index (Phi) is 12.5. The molecule has 0 bridgehead atoms. The summed E-state index contributed by atoms with van der Waals surface area (Å²) in [5.74, 6) is 0. The molecule has 0 aromatic heterocycles. The molecule has 0 aromatic rings. The summed E-state index contributed by atoms with van der Waals surface area (Å²) in [5, 5.41) is 10.6. The van der Waals surface area contributed by atoms with E-state index < -0.39 is 16.6 Å². The molecule has 0 radical (unpaired) electrons. The minimum atomic E-state index is -2.06. The predicted octanol–water partition coefficient (Wildman–Crippen LogP) is -1.51. The molecule has 0 fully saturated rings. The third kappa shape index (κ3) is 8.37. The molecule has 0 amide bonds. The SMILES string of the molecule is C[CH](C)[Ti]([CH2]NCCN)([CH2]NCCN)[CH2]NCCN. The summed E-state index contributed by atoms with van der Waals surface area (Å²) < 4.78 is 0.737. The van der Waals surface area contributed by atoms with Gasteiger partial charge in [0.1, 0.15) is 0 Å². The van der Waals surface area contributed by atoms with Gasteiger partial charge in [-0.2, -0.15) is 0 Å². The summed E-state index contributed by atoms with van der Waals surface area (Å²) in [6.45, 7) is 9.47. The van der Waals surface area contributed by atoms with Gasteiger partial charge in [-0.15, -0.1) is 0 Å². The van der Waals surface area contributed by atoms with Gasteiger partial charge in [0.15, 0.2) is 0 Å². The molecule has 0 aliphatic heterocycles. The van der Waals surface area contributed by atoms with Gasteiger partial charge < -0.3 is 0 Å². The molecule has 19 heavy (non-hydrogen) atoms. The van der Waals surface area contributed by atoms with Crippen molar-refractivity contribution in [1.82, 2.24) is 16.0 Å². The molecule has 0 spiro atoms. The first-order chi connectivity index (χ1) is 9.13. The average Bonchev–Trinajstić information content (AvgIpc) is 2.38. The van der Waals surface area contributed by atoms with Crippen molar-refractivity contribution in [2.45, 2.75) is 18.1 Å². The molecule has 116 valence electrons. The molecule has 7 heteroatoms. The molecule has 6 nitrogen and oxygen atoms in total. The van der Waals surface area contributed by atoms with Crippen LogP contribution in [0.5, 0.6) is 0 Å². The average molecular weight is 310 g/mol. The van der Waals surface area contributed by atoms with Crippen LogP contribution in [0.25, 0.3) is 0 Å². The molecule has 9 N–H and O–H groups in total. The van der Waals surface area contributed by atoms with Gasteiger partial charge in [0, 0.05) is 0 Å². The minimum absolute atomic E-state index is 0.697. The summed E-state index contributed by atoms with van der Waals surface area (Å²) in [4.78, 5) is 3.39. The van der Waals surface area contributed by atoms with Gasteiger partial charge in [0.25, 0.3) is 0 Å². The fraction of sp³-hybridized carbons (Fsp3) is 1.00. The van der Waals surface area contributed by atoms with Crippen molar-refractivity contribution in [2.24, 2.45) is 17.2 Å². The van der Waals surface area contributed by atoms with Crippen LogP contribution in [0.2, 0.25) is 4.22 Å². The van der Waals surface area contributed by atoms with Crippen LogP contribution in [0.1, 0.15) is 13.8 Å². The Labute approximate surface area is 122 Å². The molecule has 0 atom stereocenters. The first kappa shape index (κ1) is 19.5. The molecule has 0 aliphatic carbocycles. The van der Waals surface area contributed by atoms with E-state index in [1.165, 1.54) is 0 Å². The zero-order chi connectivity index (χ0) is 14.6. The molecule has 0 saturated carbocycles. The molecule has 0 unspecified atom stereocenters. The summed E-state index contributed by atoms with van der Waals surface area (Å²) >= 11 is -2.06. The topological polar surface area (TPSA) is 114 Å². The fourth-order valence-corrected chi connectivity index (χ4v) is 7.78.